The zero-order valence-corrected chi connectivity index (χ0v) is 24.6. The first-order chi connectivity index (χ1) is 19.2. The Kier molecular flexibility index (Phi) is 8.97. The largest absolute Gasteiger partial charge is 0.479 e. The quantitative estimate of drug-likeness (QED) is 0.300. The van der Waals surface area contributed by atoms with Gasteiger partial charge in [-0.25, -0.2) is 18.6 Å². The number of rotatable bonds is 9. The van der Waals surface area contributed by atoms with E-state index in [0.717, 1.165) is 18.4 Å². The number of piperidine rings is 1. The molecule has 4 rings (SSSR count). The Morgan fingerprint density at radius 3 is 2.34 bits per heavy atom. The van der Waals surface area contributed by atoms with Crippen molar-refractivity contribution in [1.82, 2.24) is 9.97 Å². The molecule has 1 atom stereocenters. The highest BCUT2D eigenvalue weighted by Crippen LogP contribution is 2.43. The monoisotopic (exact) mass is 567 g/mol. The van der Waals surface area contributed by atoms with Crippen LogP contribution in [0.4, 0.5) is 14.5 Å². The van der Waals surface area contributed by atoms with Crippen LogP contribution in [0.5, 0.6) is 5.88 Å². The molecule has 7 nitrogen and oxygen atoms in total. The SMILES string of the molecule is Cc1ncc(-c2cnc(OCCc3ccc(F)cc3)c(F)c2)c(N2CCC(C)(C)CC2)c1C(OC(C)(C)C)C(=O)O. The zero-order chi connectivity index (χ0) is 29.9. The number of anilines is 1. The number of carboxylic acids is 1. The molecule has 9 heteroatoms. The van der Waals surface area contributed by atoms with E-state index in [-0.39, 0.29) is 23.7 Å². The summed E-state index contributed by atoms with van der Waals surface area (Å²) in [5.41, 5.74) is 3.02. The van der Waals surface area contributed by atoms with E-state index in [1.165, 1.54) is 24.4 Å². The second-order valence-corrected chi connectivity index (χ2v) is 12.4. The first kappa shape index (κ1) is 30.4. The molecule has 1 aliphatic heterocycles. The molecule has 1 fully saturated rings. The van der Waals surface area contributed by atoms with Gasteiger partial charge < -0.3 is 19.5 Å². The second kappa shape index (κ2) is 12.1. The third-order valence-electron chi connectivity index (χ3n) is 7.34. The smallest absolute Gasteiger partial charge is 0.337 e. The lowest BCUT2D eigenvalue weighted by Gasteiger charge is -2.40. The topological polar surface area (TPSA) is 84.8 Å². The van der Waals surface area contributed by atoms with Crippen LogP contribution in [0.3, 0.4) is 0 Å². The molecule has 220 valence electrons. The average Bonchev–Trinajstić information content (AvgIpc) is 2.89. The maximum absolute atomic E-state index is 15.3. The molecular weight excluding hydrogens is 528 g/mol. The van der Waals surface area contributed by atoms with E-state index in [2.05, 4.69) is 28.7 Å². The molecule has 1 aliphatic rings. The Morgan fingerprint density at radius 1 is 1.10 bits per heavy atom. The molecule has 0 amide bonds. The van der Waals surface area contributed by atoms with Gasteiger partial charge in [-0.3, -0.25) is 4.98 Å². The third-order valence-corrected chi connectivity index (χ3v) is 7.34. The summed E-state index contributed by atoms with van der Waals surface area (Å²) in [6.45, 7) is 13.2. The number of carbonyl (C=O) groups is 1. The third kappa shape index (κ3) is 7.58. The molecule has 3 aromatic rings. The van der Waals surface area contributed by atoms with Crippen molar-refractivity contribution >= 4 is 11.7 Å². The van der Waals surface area contributed by atoms with Crippen LogP contribution in [0.2, 0.25) is 0 Å². The predicted molar refractivity (Wildman–Crippen MR) is 154 cm³/mol. The van der Waals surface area contributed by atoms with Gasteiger partial charge in [0.1, 0.15) is 5.82 Å². The molecule has 0 bridgehead atoms. The van der Waals surface area contributed by atoms with Gasteiger partial charge in [0.05, 0.1) is 17.9 Å². The summed E-state index contributed by atoms with van der Waals surface area (Å²) < 4.78 is 40.1. The van der Waals surface area contributed by atoms with E-state index >= 15 is 4.39 Å². The molecule has 1 N–H and O–H groups in total. The van der Waals surface area contributed by atoms with E-state index in [1.54, 1.807) is 25.3 Å². The van der Waals surface area contributed by atoms with Gasteiger partial charge in [0.15, 0.2) is 11.9 Å². The van der Waals surface area contributed by atoms with Crippen LogP contribution in [0.25, 0.3) is 11.1 Å². The predicted octanol–water partition coefficient (Wildman–Crippen LogP) is 6.92. The molecule has 0 saturated carbocycles. The molecule has 0 radical (unpaired) electrons. The van der Waals surface area contributed by atoms with E-state index in [0.29, 0.717) is 47.6 Å². The van der Waals surface area contributed by atoms with Gasteiger partial charge in [-0.15, -0.1) is 0 Å². The summed E-state index contributed by atoms with van der Waals surface area (Å²) in [7, 11) is 0. The Hall–Kier alpha value is -3.59. The molecule has 3 heterocycles. The average molecular weight is 568 g/mol. The lowest BCUT2D eigenvalue weighted by Crippen LogP contribution is -2.39. The van der Waals surface area contributed by atoms with Crippen LogP contribution >= 0.6 is 0 Å². The van der Waals surface area contributed by atoms with Gasteiger partial charge in [-0.2, -0.15) is 0 Å². The second-order valence-electron chi connectivity index (χ2n) is 12.4. The molecule has 41 heavy (non-hydrogen) atoms. The summed E-state index contributed by atoms with van der Waals surface area (Å²) in [4.78, 5) is 23.5. The van der Waals surface area contributed by atoms with Crippen molar-refractivity contribution in [3.63, 3.8) is 0 Å². The first-order valence-electron chi connectivity index (χ1n) is 13.9. The standard InChI is InChI=1S/C32H39F2N3O4/c1-20-26(28(30(38)39)41-31(2,3)4)27(37-14-12-32(5,6)13-15-37)24(19-35-20)22-17-25(34)29(36-18-22)40-16-11-21-7-9-23(33)10-8-21/h7-10,17-19,28H,11-16H2,1-6H3,(H,38,39). The van der Waals surface area contributed by atoms with Gasteiger partial charge in [0, 0.05) is 54.3 Å². The normalized spacial score (nSPS) is 16.0. The van der Waals surface area contributed by atoms with Crippen molar-refractivity contribution in [2.75, 3.05) is 24.6 Å². The van der Waals surface area contributed by atoms with Gasteiger partial charge >= 0.3 is 5.97 Å². The van der Waals surface area contributed by atoms with E-state index in [1.807, 2.05) is 20.8 Å². The number of hydrogen-bond acceptors (Lipinski definition) is 6. The molecule has 0 aliphatic carbocycles. The number of aromatic nitrogens is 2. The van der Waals surface area contributed by atoms with Gasteiger partial charge in [0.2, 0.25) is 5.88 Å². The molecule has 2 aromatic heterocycles. The van der Waals surface area contributed by atoms with Crippen molar-refractivity contribution in [3.8, 4) is 17.0 Å². The first-order valence-corrected chi connectivity index (χ1v) is 13.9. The summed E-state index contributed by atoms with van der Waals surface area (Å²) in [5, 5.41) is 10.3. The number of pyridine rings is 2. The lowest BCUT2D eigenvalue weighted by molar-refractivity contribution is -0.160. The number of benzene rings is 1. The highest BCUT2D eigenvalue weighted by atomic mass is 19.1. The van der Waals surface area contributed by atoms with Gasteiger partial charge in [0.25, 0.3) is 0 Å². The molecular formula is C32H39F2N3O4. The molecule has 1 unspecified atom stereocenters. The van der Waals surface area contributed by atoms with Crippen molar-refractivity contribution in [1.29, 1.82) is 0 Å². The maximum Gasteiger partial charge on any atom is 0.337 e. The fourth-order valence-corrected chi connectivity index (χ4v) is 4.99. The van der Waals surface area contributed by atoms with Crippen LogP contribution in [0, 0.1) is 24.0 Å². The number of hydrogen-bond donors (Lipinski definition) is 1. The van der Waals surface area contributed by atoms with Crippen molar-refractivity contribution in [3.05, 3.63) is 71.2 Å². The van der Waals surface area contributed by atoms with Gasteiger partial charge in [-0.05, 0) is 69.7 Å². The number of carboxylic acid groups (broad SMARTS) is 1. The summed E-state index contributed by atoms with van der Waals surface area (Å²) in [5.74, 6) is -2.22. The minimum atomic E-state index is -1.26. The molecule has 1 aromatic carbocycles. The Balaban J connectivity index is 1.71. The minimum absolute atomic E-state index is 0.142. The summed E-state index contributed by atoms with van der Waals surface area (Å²) in [6, 6.07) is 7.40. The number of ether oxygens (including phenoxy) is 2. The summed E-state index contributed by atoms with van der Waals surface area (Å²) in [6.07, 6.45) is 4.20. The Labute approximate surface area is 240 Å². The van der Waals surface area contributed by atoms with Crippen molar-refractivity contribution < 1.29 is 28.2 Å². The maximum atomic E-state index is 15.3. The van der Waals surface area contributed by atoms with E-state index in [9.17, 15) is 14.3 Å². The van der Waals surface area contributed by atoms with Crippen LogP contribution < -0.4 is 9.64 Å². The van der Waals surface area contributed by atoms with E-state index in [4.69, 9.17) is 9.47 Å². The van der Waals surface area contributed by atoms with E-state index < -0.39 is 23.5 Å². The van der Waals surface area contributed by atoms with Crippen LogP contribution in [0.15, 0.2) is 42.7 Å². The molecule has 1 saturated heterocycles. The highest BCUT2D eigenvalue weighted by molar-refractivity contribution is 5.86. The zero-order valence-electron chi connectivity index (χ0n) is 24.6. The number of aryl methyl sites for hydroxylation is 1. The number of aliphatic carboxylic acids is 1. The van der Waals surface area contributed by atoms with Crippen molar-refractivity contribution in [2.24, 2.45) is 5.41 Å². The number of nitrogens with zero attached hydrogens (tertiary/aromatic N) is 3. The van der Waals surface area contributed by atoms with Gasteiger partial charge in [-0.1, -0.05) is 26.0 Å². The summed E-state index contributed by atoms with van der Waals surface area (Å²) >= 11 is 0. The number of halogens is 2. The fourth-order valence-electron chi connectivity index (χ4n) is 4.99. The fraction of sp³-hybridized carbons (Fsp3) is 0.469. The van der Waals surface area contributed by atoms with Crippen LogP contribution in [-0.4, -0.2) is 46.3 Å². The Morgan fingerprint density at radius 2 is 1.76 bits per heavy atom. The van der Waals surface area contributed by atoms with Crippen LogP contribution in [0.1, 0.15) is 70.4 Å². The Bertz CT molecular complexity index is 1380. The molecule has 0 spiro atoms. The lowest BCUT2D eigenvalue weighted by atomic mass is 9.82. The van der Waals surface area contributed by atoms with Crippen LogP contribution in [-0.2, 0) is 16.0 Å². The van der Waals surface area contributed by atoms with Crippen molar-refractivity contribution in [2.45, 2.75) is 72.5 Å². The minimum Gasteiger partial charge on any atom is -0.479 e. The highest BCUT2D eigenvalue weighted by Gasteiger charge is 2.36.